The van der Waals surface area contributed by atoms with Crippen LogP contribution in [0.5, 0.6) is 0 Å². The average molecular weight is 352 g/mol. The third kappa shape index (κ3) is 3.69. The van der Waals surface area contributed by atoms with Gasteiger partial charge in [-0.25, -0.2) is 0 Å². The molecule has 2 nitrogen and oxygen atoms in total. The van der Waals surface area contributed by atoms with Gasteiger partial charge in [0.15, 0.2) is 0 Å². The molecule has 0 aromatic heterocycles. The molecule has 1 heterocycles. The molecular weight excluding hydrogens is 334 g/mol. The van der Waals surface area contributed by atoms with Crippen molar-refractivity contribution < 1.29 is 26.3 Å². The first-order chi connectivity index (χ1) is 11.2. The molecule has 0 spiro atoms. The maximum absolute atomic E-state index is 13.4. The van der Waals surface area contributed by atoms with E-state index < -0.39 is 29.5 Å². The highest BCUT2D eigenvalue weighted by Gasteiger charge is 2.44. The zero-order valence-electron chi connectivity index (χ0n) is 12.8. The van der Waals surface area contributed by atoms with Crippen molar-refractivity contribution in [3.8, 4) is 0 Å². The SMILES string of the molecule is FC(F)(F)c1ccc([C@@H](C2CC2)N2CCNCC2)c(C(F)(F)F)c1. The van der Waals surface area contributed by atoms with Gasteiger partial charge < -0.3 is 5.32 Å². The summed E-state index contributed by atoms with van der Waals surface area (Å²) in [5.74, 6) is 0.0842. The minimum Gasteiger partial charge on any atom is -0.314 e. The standard InChI is InChI=1S/C16H18F6N2/c17-15(18,19)11-3-4-12(13(9-11)16(20,21)22)14(10-1-2-10)24-7-5-23-6-8-24/h3-4,9-10,14,23H,1-2,5-8H2/t14-/m1/s1. The summed E-state index contributed by atoms with van der Waals surface area (Å²) in [4.78, 5) is 1.96. The molecule has 1 aliphatic heterocycles. The van der Waals surface area contributed by atoms with Crippen molar-refractivity contribution in [1.82, 2.24) is 10.2 Å². The molecule has 134 valence electrons. The molecule has 0 radical (unpaired) electrons. The minimum absolute atomic E-state index is 0.0279. The molecule has 1 saturated heterocycles. The summed E-state index contributed by atoms with van der Waals surface area (Å²) in [6, 6.07) is 1.58. The van der Waals surface area contributed by atoms with Crippen molar-refractivity contribution in [2.24, 2.45) is 5.92 Å². The van der Waals surface area contributed by atoms with Crippen LogP contribution in [0.1, 0.15) is 35.6 Å². The summed E-state index contributed by atoms with van der Waals surface area (Å²) in [7, 11) is 0. The molecule has 1 N–H and O–H groups in total. The normalized spacial score (nSPS) is 21.8. The lowest BCUT2D eigenvalue weighted by molar-refractivity contribution is -0.143. The highest BCUT2D eigenvalue weighted by atomic mass is 19.4. The molecule has 2 fully saturated rings. The second kappa shape index (κ2) is 6.22. The molecule has 2 aliphatic rings. The van der Waals surface area contributed by atoms with E-state index in [-0.39, 0.29) is 17.5 Å². The number of nitrogens with one attached hydrogen (secondary N) is 1. The molecular formula is C16H18F6N2. The third-order valence-corrected chi connectivity index (χ3v) is 4.62. The summed E-state index contributed by atoms with van der Waals surface area (Å²) < 4.78 is 78.8. The Bertz CT molecular complexity index is 585. The van der Waals surface area contributed by atoms with Crippen LogP contribution in [-0.4, -0.2) is 31.1 Å². The molecule has 0 unspecified atom stereocenters. The van der Waals surface area contributed by atoms with Gasteiger partial charge in [0.05, 0.1) is 11.1 Å². The van der Waals surface area contributed by atoms with Crippen LogP contribution in [0.3, 0.4) is 0 Å². The monoisotopic (exact) mass is 352 g/mol. The summed E-state index contributed by atoms with van der Waals surface area (Å²) in [5.41, 5.74) is -2.44. The highest BCUT2D eigenvalue weighted by molar-refractivity contribution is 5.38. The van der Waals surface area contributed by atoms with Crippen molar-refractivity contribution in [3.63, 3.8) is 0 Å². The lowest BCUT2D eigenvalue weighted by atomic mass is 9.92. The van der Waals surface area contributed by atoms with Crippen LogP contribution in [0.15, 0.2) is 18.2 Å². The van der Waals surface area contributed by atoms with E-state index in [0.29, 0.717) is 26.2 Å². The molecule has 8 heteroatoms. The van der Waals surface area contributed by atoms with Crippen molar-refractivity contribution in [3.05, 3.63) is 34.9 Å². The Kier molecular flexibility index (Phi) is 4.55. The van der Waals surface area contributed by atoms with Gasteiger partial charge in [0.2, 0.25) is 0 Å². The van der Waals surface area contributed by atoms with E-state index in [9.17, 15) is 26.3 Å². The number of rotatable bonds is 3. The smallest absolute Gasteiger partial charge is 0.314 e. The van der Waals surface area contributed by atoms with Crippen molar-refractivity contribution in [2.45, 2.75) is 31.2 Å². The number of alkyl halides is 6. The van der Waals surface area contributed by atoms with Crippen LogP contribution in [-0.2, 0) is 12.4 Å². The number of benzene rings is 1. The number of nitrogens with zero attached hydrogens (tertiary/aromatic N) is 1. The Morgan fingerprint density at radius 1 is 0.958 bits per heavy atom. The Labute approximate surface area is 135 Å². The summed E-state index contributed by atoms with van der Waals surface area (Å²) in [6.07, 6.45) is -7.97. The fraction of sp³-hybridized carbons (Fsp3) is 0.625. The zero-order chi connectivity index (χ0) is 17.5. The van der Waals surface area contributed by atoms with Gasteiger partial charge in [0.1, 0.15) is 0 Å². The predicted molar refractivity (Wildman–Crippen MR) is 76.4 cm³/mol. The second-order valence-corrected chi connectivity index (χ2v) is 6.37. The molecule has 1 aliphatic carbocycles. The van der Waals surface area contributed by atoms with Gasteiger partial charge in [-0.05, 0) is 36.5 Å². The Morgan fingerprint density at radius 3 is 2.08 bits per heavy atom. The van der Waals surface area contributed by atoms with Crippen molar-refractivity contribution in [1.29, 1.82) is 0 Å². The number of halogens is 6. The van der Waals surface area contributed by atoms with Crippen LogP contribution in [0, 0.1) is 5.92 Å². The maximum Gasteiger partial charge on any atom is 0.416 e. The largest absolute Gasteiger partial charge is 0.416 e. The molecule has 1 aromatic rings. The first-order valence-corrected chi connectivity index (χ1v) is 7.91. The van der Waals surface area contributed by atoms with Crippen LogP contribution in [0.4, 0.5) is 26.3 Å². The summed E-state index contributed by atoms with van der Waals surface area (Å²) in [5, 5.41) is 3.14. The van der Waals surface area contributed by atoms with Gasteiger partial charge in [-0.1, -0.05) is 6.07 Å². The molecule has 1 saturated carbocycles. The first-order valence-electron chi connectivity index (χ1n) is 7.91. The number of hydrogen-bond acceptors (Lipinski definition) is 2. The lowest BCUT2D eigenvalue weighted by Crippen LogP contribution is -2.46. The molecule has 24 heavy (non-hydrogen) atoms. The van der Waals surface area contributed by atoms with Crippen LogP contribution in [0.25, 0.3) is 0 Å². The Hall–Kier alpha value is -1.28. The van der Waals surface area contributed by atoms with Crippen molar-refractivity contribution >= 4 is 0 Å². The van der Waals surface area contributed by atoms with E-state index in [4.69, 9.17) is 0 Å². The van der Waals surface area contributed by atoms with Gasteiger partial charge in [-0.3, -0.25) is 4.90 Å². The predicted octanol–water partition coefficient (Wildman–Crippen LogP) is 4.08. The van der Waals surface area contributed by atoms with Gasteiger partial charge >= 0.3 is 12.4 Å². The molecule has 1 aromatic carbocycles. The quantitative estimate of drug-likeness (QED) is 0.825. The fourth-order valence-electron chi connectivity index (χ4n) is 3.36. The number of piperazine rings is 1. The Balaban J connectivity index is 2.03. The van der Waals surface area contributed by atoms with Crippen LogP contribution < -0.4 is 5.32 Å². The molecule has 0 bridgehead atoms. The van der Waals surface area contributed by atoms with Gasteiger partial charge in [-0.15, -0.1) is 0 Å². The van der Waals surface area contributed by atoms with E-state index in [1.807, 2.05) is 4.90 Å². The van der Waals surface area contributed by atoms with Gasteiger partial charge in [0, 0.05) is 32.2 Å². The topological polar surface area (TPSA) is 15.3 Å². The minimum atomic E-state index is -4.81. The highest BCUT2D eigenvalue weighted by Crippen LogP contribution is 2.48. The third-order valence-electron chi connectivity index (χ3n) is 4.62. The lowest BCUT2D eigenvalue weighted by Gasteiger charge is -2.36. The van der Waals surface area contributed by atoms with Gasteiger partial charge in [0.25, 0.3) is 0 Å². The van der Waals surface area contributed by atoms with Gasteiger partial charge in [-0.2, -0.15) is 26.3 Å². The van der Waals surface area contributed by atoms with E-state index >= 15 is 0 Å². The Morgan fingerprint density at radius 2 is 1.58 bits per heavy atom. The zero-order valence-corrected chi connectivity index (χ0v) is 12.8. The summed E-state index contributed by atoms with van der Waals surface area (Å²) >= 11 is 0. The van der Waals surface area contributed by atoms with E-state index in [2.05, 4.69) is 5.32 Å². The first kappa shape index (κ1) is 17.5. The van der Waals surface area contributed by atoms with Crippen LogP contribution >= 0.6 is 0 Å². The summed E-state index contributed by atoms with van der Waals surface area (Å²) in [6.45, 7) is 2.54. The molecule has 0 amide bonds. The maximum atomic E-state index is 13.4. The number of hydrogen-bond donors (Lipinski definition) is 1. The van der Waals surface area contributed by atoms with Crippen molar-refractivity contribution in [2.75, 3.05) is 26.2 Å². The van der Waals surface area contributed by atoms with Crippen LogP contribution in [0.2, 0.25) is 0 Å². The van der Waals surface area contributed by atoms with E-state index in [1.54, 1.807) is 0 Å². The molecule has 3 rings (SSSR count). The fourth-order valence-corrected chi connectivity index (χ4v) is 3.36. The van der Waals surface area contributed by atoms with E-state index in [1.165, 1.54) is 0 Å². The average Bonchev–Trinajstić information content (AvgIpc) is 3.31. The van der Waals surface area contributed by atoms with E-state index in [0.717, 1.165) is 25.0 Å². The molecule has 1 atom stereocenters. The second-order valence-electron chi connectivity index (χ2n) is 6.37.